The van der Waals surface area contributed by atoms with Crippen LogP contribution in [-0.4, -0.2) is 31.4 Å². The molecule has 0 heterocycles. The molecule has 0 aromatic carbocycles. The van der Waals surface area contributed by atoms with Crippen LogP contribution < -0.4 is 0 Å². The number of hydrogen-bond acceptors (Lipinski definition) is 4. The lowest BCUT2D eigenvalue weighted by Gasteiger charge is -2.25. The molecule has 0 spiro atoms. The predicted octanol–water partition coefficient (Wildman–Crippen LogP) is 1.85. The second-order valence-corrected chi connectivity index (χ2v) is 7.67. The molecule has 0 aromatic rings. The molecule has 5 heteroatoms. The topological polar surface area (TPSA) is 57.9 Å². The van der Waals surface area contributed by atoms with E-state index in [1.807, 2.05) is 0 Å². The zero-order valence-corrected chi connectivity index (χ0v) is 10.6. The minimum Gasteiger partial charge on any atom is -0.229 e. The largest absolute Gasteiger partial charge is 0.229 e. The van der Waals surface area contributed by atoms with Crippen LogP contribution in [0, 0.1) is 17.2 Å². The molecule has 1 aliphatic carbocycles. The lowest BCUT2D eigenvalue weighted by atomic mass is 9.90. The molecule has 0 aromatic heterocycles. The Bertz CT molecular complexity index is 332. The molecule has 2 atom stereocenters. The van der Waals surface area contributed by atoms with Gasteiger partial charge in [0.05, 0.1) is 17.7 Å². The number of rotatable bonds is 4. The van der Waals surface area contributed by atoms with Gasteiger partial charge in [-0.1, -0.05) is 12.8 Å². The second kappa shape index (κ2) is 5.76. The fourth-order valence-electron chi connectivity index (χ4n) is 1.79. The monoisotopic (exact) mass is 247 g/mol. The van der Waals surface area contributed by atoms with Crippen LogP contribution >= 0.6 is 11.8 Å². The molecular formula is C10H17NO2S2. The van der Waals surface area contributed by atoms with Crippen molar-refractivity contribution in [3.8, 4) is 6.07 Å². The van der Waals surface area contributed by atoms with Crippen molar-refractivity contribution in [2.45, 2.75) is 30.9 Å². The van der Waals surface area contributed by atoms with Gasteiger partial charge in [0.1, 0.15) is 9.84 Å². The van der Waals surface area contributed by atoms with Crippen LogP contribution in [-0.2, 0) is 9.84 Å². The Kier molecular flexibility index (Phi) is 4.94. The van der Waals surface area contributed by atoms with Gasteiger partial charge < -0.3 is 0 Å². The highest BCUT2D eigenvalue weighted by Gasteiger charge is 2.25. The summed E-state index contributed by atoms with van der Waals surface area (Å²) in [6.45, 7) is 0. The van der Waals surface area contributed by atoms with Crippen molar-refractivity contribution >= 4 is 21.6 Å². The van der Waals surface area contributed by atoms with E-state index in [2.05, 4.69) is 6.07 Å². The van der Waals surface area contributed by atoms with Crippen LogP contribution in [0.1, 0.15) is 25.7 Å². The Balaban J connectivity index is 2.34. The van der Waals surface area contributed by atoms with Crippen molar-refractivity contribution in [2.24, 2.45) is 5.92 Å². The van der Waals surface area contributed by atoms with Gasteiger partial charge in [-0.3, -0.25) is 0 Å². The standard InChI is InChI=1S/C10H17NO2S2/c1-15(12,13)7-6-14-10-5-3-2-4-9(10)8-11/h9-10H,2-7H2,1H3. The SMILES string of the molecule is CS(=O)(=O)CCSC1CCCCC1C#N. The lowest BCUT2D eigenvalue weighted by molar-refractivity contribution is 0.439. The number of hydrogen-bond donors (Lipinski definition) is 0. The van der Waals surface area contributed by atoms with Gasteiger partial charge >= 0.3 is 0 Å². The Morgan fingerprint density at radius 1 is 1.40 bits per heavy atom. The molecule has 1 fully saturated rings. The Morgan fingerprint density at radius 3 is 2.67 bits per heavy atom. The summed E-state index contributed by atoms with van der Waals surface area (Å²) >= 11 is 1.66. The Morgan fingerprint density at radius 2 is 2.07 bits per heavy atom. The summed E-state index contributed by atoms with van der Waals surface area (Å²) in [4.78, 5) is 0. The first-order valence-electron chi connectivity index (χ1n) is 5.22. The van der Waals surface area contributed by atoms with E-state index in [1.165, 1.54) is 12.7 Å². The summed E-state index contributed by atoms with van der Waals surface area (Å²) in [7, 11) is -2.85. The highest BCUT2D eigenvalue weighted by molar-refractivity contribution is 8.01. The molecule has 2 unspecified atom stereocenters. The summed E-state index contributed by atoms with van der Waals surface area (Å²) in [6, 6.07) is 2.33. The van der Waals surface area contributed by atoms with E-state index in [0.29, 0.717) is 11.0 Å². The minimum absolute atomic E-state index is 0.128. The van der Waals surface area contributed by atoms with Gasteiger partial charge in [-0.25, -0.2) is 8.42 Å². The van der Waals surface area contributed by atoms with Crippen LogP contribution in [0.3, 0.4) is 0 Å². The van der Waals surface area contributed by atoms with Crippen molar-refractivity contribution in [1.29, 1.82) is 5.26 Å². The summed E-state index contributed by atoms with van der Waals surface area (Å²) in [5, 5.41) is 9.29. The van der Waals surface area contributed by atoms with Gasteiger partial charge in [-0.2, -0.15) is 17.0 Å². The number of nitrogens with zero attached hydrogens (tertiary/aromatic N) is 1. The maximum atomic E-state index is 10.9. The zero-order valence-electron chi connectivity index (χ0n) is 8.98. The zero-order chi connectivity index (χ0) is 11.3. The van der Waals surface area contributed by atoms with Gasteiger partial charge in [0, 0.05) is 17.3 Å². The van der Waals surface area contributed by atoms with Crippen LogP contribution in [0.15, 0.2) is 0 Å². The van der Waals surface area contributed by atoms with Crippen molar-refractivity contribution < 1.29 is 8.42 Å². The first kappa shape index (κ1) is 12.9. The summed E-state index contributed by atoms with van der Waals surface area (Å²) < 4.78 is 21.9. The van der Waals surface area contributed by atoms with Crippen LogP contribution in [0.2, 0.25) is 0 Å². The fourth-order valence-corrected chi connectivity index (χ4v) is 4.46. The molecule has 0 bridgehead atoms. The molecule has 0 saturated heterocycles. The molecule has 3 nitrogen and oxygen atoms in total. The van der Waals surface area contributed by atoms with Crippen molar-refractivity contribution in [3.63, 3.8) is 0 Å². The third kappa shape index (κ3) is 4.89. The molecular weight excluding hydrogens is 230 g/mol. The van der Waals surface area contributed by atoms with E-state index in [4.69, 9.17) is 5.26 Å². The molecule has 0 radical (unpaired) electrons. The summed E-state index contributed by atoms with van der Waals surface area (Å²) in [5.74, 6) is 0.983. The fraction of sp³-hybridized carbons (Fsp3) is 0.900. The van der Waals surface area contributed by atoms with Gasteiger partial charge in [0.15, 0.2) is 0 Å². The first-order chi connectivity index (χ1) is 7.03. The number of nitriles is 1. The maximum Gasteiger partial charge on any atom is 0.148 e. The highest BCUT2D eigenvalue weighted by Crippen LogP contribution is 2.32. The second-order valence-electron chi connectivity index (χ2n) is 4.06. The van der Waals surface area contributed by atoms with E-state index in [-0.39, 0.29) is 11.7 Å². The first-order valence-corrected chi connectivity index (χ1v) is 8.33. The maximum absolute atomic E-state index is 10.9. The molecule has 1 aliphatic rings. The summed E-state index contributed by atoms with van der Waals surface area (Å²) in [5.41, 5.74) is 0. The van der Waals surface area contributed by atoms with Gasteiger partial charge in [-0.15, -0.1) is 0 Å². The smallest absolute Gasteiger partial charge is 0.148 e. The summed E-state index contributed by atoms with van der Waals surface area (Å²) in [6.07, 6.45) is 5.62. The van der Waals surface area contributed by atoms with Gasteiger partial charge in [0.25, 0.3) is 0 Å². The molecule has 0 N–H and O–H groups in total. The molecule has 15 heavy (non-hydrogen) atoms. The molecule has 0 aliphatic heterocycles. The van der Waals surface area contributed by atoms with Crippen LogP contribution in [0.4, 0.5) is 0 Å². The van der Waals surface area contributed by atoms with Gasteiger partial charge in [0.2, 0.25) is 0 Å². The van der Waals surface area contributed by atoms with E-state index in [9.17, 15) is 8.42 Å². The Hall–Kier alpha value is -0.210. The lowest BCUT2D eigenvalue weighted by Crippen LogP contribution is -2.21. The molecule has 1 rings (SSSR count). The highest BCUT2D eigenvalue weighted by atomic mass is 32.2. The van der Waals surface area contributed by atoms with Gasteiger partial charge in [-0.05, 0) is 12.8 Å². The van der Waals surface area contributed by atoms with E-state index in [0.717, 1.165) is 19.3 Å². The van der Waals surface area contributed by atoms with Crippen molar-refractivity contribution in [3.05, 3.63) is 0 Å². The molecule has 86 valence electrons. The van der Waals surface area contributed by atoms with Crippen molar-refractivity contribution in [2.75, 3.05) is 17.8 Å². The number of thioether (sulfide) groups is 1. The number of sulfone groups is 1. The minimum atomic E-state index is -2.85. The van der Waals surface area contributed by atoms with E-state index < -0.39 is 9.84 Å². The van der Waals surface area contributed by atoms with Crippen molar-refractivity contribution in [1.82, 2.24) is 0 Å². The molecule has 1 saturated carbocycles. The van der Waals surface area contributed by atoms with E-state index >= 15 is 0 Å². The van der Waals surface area contributed by atoms with Crippen LogP contribution in [0.25, 0.3) is 0 Å². The van der Waals surface area contributed by atoms with E-state index in [1.54, 1.807) is 11.8 Å². The third-order valence-corrected chi connectivity index (χ3v) is 5.29. The average Bonchev–Trinajstić information content (AvgIpc) is 2.16. The quantitative estimate of drug-likeness (QED) is 0.760. The Labute approximate surface area is 96.2 Å². The van der Waals surface area contributed by atoms with Crippen LogP contribution in [0.5, 0.6) is 0 Å². The molecule has 0 amide bonds. The predicted molar refractivity (Wildman–Crippen MR) is 63.5 cm³/mol. The normalized spacial score (nSPS) is 27.2. The third-order valence-electron chi connectivity index (χ3n) is 2.65. The average molecular weight is 247 g/mol.